The number of pyridine rings is 1. The van der Waals surface area contributed by atoms with Gasteiger partial charge >= 0.3 is 0 Å². The summed E-state index contributed by atoms with van der Waals surface area (Å²) in [5, 5.41) is 6.33. The first-order valence-corrected chi connectivity index (χ1v) is 8.80. The number of anilines is 1. The lowest BCUT2D eigenvalue weighted by molar-refractivity contribution is -0.126. The van der Waals surface area contributed by atoms with Gasteiger partial charge in [0.1, 0.15) is 17.5 Å². The maximum atomic E-state index is 14.4. The van der Waals surface area contributed by atoms with Crippen molar-refractivity contribution in [1.82, 2.24) is 14.8 Å². The van der Waals surface area contributed by atoms with Crippen molar-refractivity contribution in [3.05, 3.63) is 54.5 Å². The van der Waals surface area contributed by atoms with Gasteiger partial charge in [-0.1, -0.05) is 0 Å². The van der Waals surface area contributed by atoms with E-state index in [1.54, 1.807) is 30.2 Å². The van der Waals surface area contributed by atoms with E-state index in [0.29, 0.717) is 24.8 Å². The van der Waals surface area contributed by atoms with Crippen molar-refractivity contribution in [3.63, 3.8) is 0 Å². The lowest BCUT2D eigenvalue weighted by Crippen LogP contribution is -2.25. The molecule has 1 N–H and O–H groups in total. The molecule has 0 aliphatic heterocycles. The van der Waals surface area contributed by atoms with Crippen LogP contribution in [0.5, 0.6) is 11.5 Å². The molecule has 1 saturated carbocycles. The summed E-state index contributed by atoms with van der Waals surface area (Å²) in [6, 6.07) is 4.75. The van der Waals surface area contributed by atoms with Crippen LogP contribution in [0.15, 0.2) is 42.9 Å². The van der Waals surface area contributed by atoms with E-state index >= 15 is 0 Å². The third kappa shape index (κ3) is 3.71. The fourth-order valence-electron chi connectivity index (χ4n) is 2.80. The van der Waals surface area contributed by atoms with Gasteiger partial charge < -0.3 is 14.8 Å². The predicted molar refractivity (Wildman–Crippen MR) is 99.2 cm³/mol. The number of hydrogen-bond acceptors (Lipinski definition) is 5. The van der Waals surface area contributed by atoms with Crippen LogP contribution in [0.3, 0.4) is 0 Å². The molecule has 1 amide bonds. The van der Waals surface area contributed by atoms with Crippen LogP contribution in [-0.2, 0) is 16.6 Å². The average molecular weight is 398 g/mol. The van der Waals surface area contributed by atoms with Gasteiger partial charge in [0.15, 0.2) is 17.4 Å². The zero-order chi connectivity index (χ0) is 20.6. The van der Waals surface area contributed by atoms with Crippen LogP contribution in [-0.4, -0.2) is 27.0 Å². The van der Waals surface area contributed by atoms with Crippen molar-refractivity contribution in [2.45, 2.75) is 12.8 Å². The highest BCUT2D eigenvalue weighted by atomic mass is 19.1. The summed E-state index contributed by atoms with van der Waals surface area (Å²) in [5.74, 6) is -2.47. The highest BCUT2D eigenvalue weighted by Crippen LogP contribution is 2.44. The van der Waals surface area contributed by atoms with Gasteiger partial charge in [-0.3, -0.25) is 14.5 Å². The van der Waals surface area contributed by atoms with Gasteiger partial charge in [-0.05, 0) is 18.9 Å². The van der Waals surface area contributed by atoms with Crippen molar-refractivity contribution >= 4 is 17.9 Å². The highest BCUT2D eigenvalue weighted by Gasteiger charge is 2.50. The number of aldehydes is 1. The van der Waals surface area contributed by atoms with Gasteiger partial charge in [-0.2, -0.15) is 5.10 Å². The molecule has 1 fully saturated rings. The number of amides is 1. The monoisotopic (exact) mass is 398 g/mol. The van der Waals surface area contributed by atoms with Gasteiger partial charge in [0, 0.05) is 43.2 Å². The Morgan fingerprint density at radius 2 is 2.07 bits per heavy atom. The fraction of sp³-hybridized carbons (Fsp3) is 0.200. The molecule has 2 heterocycles. The largest absolute Gasteiger partial charge is 0.454 e. The molecule has 7 nitrogen and oxygen atoms in total. The topological polar surface area (TPSA) is 86.1 Å². The second kappa shape index (κ2) is 7.08. The van der Waals surface area contributed by atoms with Gasteiger partial charge in [0.2, 0.25) is 5.91 Å². The van der Waals surface area contributed by atoms with Crippen LogP contribution in [0.2, 0.25) is 0 Å². The molecular weight excluding hydrogens is 382 g/mol. The Labute approximate surface area is 164 Å². The van der Waals surface area contributed by atoms with E-state index in [0.717, 1.165) is 17.7 Å². The van der Waals surface area contributed by atoms with E-state index in [-0.39, 0.29) is 17.2 Å². The molecule has 0 unspecified atom stereocenters. The third-order valence-electron chi connectivity index (χ3n) is 4.70. The highest BCUT2D eigenvalue weighted by molar-refractivity contribution is 6.07. The molecule has 9 heteroatoms. The van der Waals surface area contributed by atoms with E-state index in [4.69, 9.17) is 4.74 Å². The molecule has 0 saturated heterocycles. The van der Waals surface area contributed by atoms with Gasteiger partial charge in [-0.25, -0.2) is 8.78 Å². The standard InChI is InChI=1S/C20H16F2N4O3/c1-26-10-12(9-24-26)16-6-13(2-5-23-16)29-18-8-14(21)17(7-15(18)22)25-19(28)20(11-27)3-4-20/h2,5-11H,3-4H2,1H3,(H,25,28). The summed E-state index contributed by atoms with van der Waals surface area (Å²) in [4.78, 5) is 27.3. The minimum absolute atomic E-state index is 0.256. The molecule has 4 rings (SSSR count). The lowest BCUT2D eigenvalue weighted by Gasteiger charge is -2.12. The molecule has 0 bridgehead atoms. The molecule has 2 aromatic heterocycles. The Kier molecular flexibility index (Phi) is 4.57. The zero-order valence-electron chi connectivity index (χ0n) is 15.4. The molecular formula is C20H16F2N4O3. The van der Waals surface area contributed by atoms with Crippen molar-refractivity contribution in [3.8, 4) is 22.8 Å². The van der Waals surface area contributed by atoms with Crippen molar-refractivity contribution in [2.75, 3.05) is 5.32 Å². The summed E-state index contributed by atoms with van der Waals surface area (Å²) >= 11 is 0. The molecule has 148 valence electrons. The Hall–Kier alpha value is -3.62. The van der Waals surface area contributed by atoms with Crippen LogP contribution in [0.4, 0.5) is 14.5 Å². The molecule has 1 aromatic carbocycles. The number of aromatic nitrogens is 3. The Morgan fingerprint density at radius 3 is 2.72 bits per heavy atom. The first-order valence-electron chi connectivity index (χ1n) is 8.80. The molecule has 3 aromatic rings. The summed E-state index contributed by atoms with van der Waals surface area (Å²) in [5.41, 5.74) is -0.174. The van der Waals surface area contributed by atoms with Crippen LogP contribution in [0, 0.1) is 17.0 Å². The SMILES string of the molecule is Cn1cc(-c2cc(Oc3cc(F)c(NC(=O)C4(C=O)CC4)cc3F)ccn2)cn1. The second-order valence-corrected chi connectivity index (χ2v) is 6.87. The number of benzene rings is 1. The Balaban J connectivity index is 1.55. The minimum atomic E-state index is -1.13. The number of hydrogen-bond donors (Lipinski definition) is 1. The molecule has 0 atom stereocenters. The van der Waals surface area contributed by atoms with Gasteiger partial charge in [0.05, 0.1) is 17.6 Å². The summed E-state index contributed by atoms with van der Waals surface area (Å²) in [6.45, 7) is 0. The molecule has 29 heavy (non-hydrogen) atoms. The number of ether oxygens (including phenoxy) is 1. The van der Waals surface area contributed by atoms with Crippen molar-refractivity contribution in [2.24, 2.45) is 12.5 Å². The molecule has 1 aliphatic rings. The number of rotatable bonds is 6. The van der Waals surface area contributed by atoms with Crippen molar-refractivity contribution in [1.29, 1.82) is 0 Å². The van der Waals surface area contributed by atoms with Crippen LogP contribution < -0.4 is 10.1 Å². The Morgan fingerprint density at radius 1 is 1.28 bits per heavy atom. The first kappa shape index (κ1) is 18.7. The number of carbonyl (C=O) groups excluding carboxylic acids is 2. The van der Waals surface area contributed by atoms with E-state index in [2.05, 4.69) is 15.4 Å². The predicted octanol–water partition coefficient (Wildman–Crippen LogP) is 3.47. The summed E-state index contributed by atoms with van der Waals surface area (Å²) < 4.78 is 35.9. The normalized spacial score (nSPS) is 14.3. The van der Waals surface area contributed by atoms with Crippen LogP contribution in [0.1, 0.15) is 12.8 Å². The summed E-state index contributed by atoms with van der Waals surface area (Å²) in [6.07, 6.45) is 6.20. The van der Waals surface area contributed by atoms with Gasteiger partial charge in [-0.15, -0.1) is 0 Å². The fourth-order valence-corrected chi connectivity index (χ4v) is 2.80. The van der Waals surface area contributed by atoms with Crippen molar-refractivity contribution < 1.29 is 23.1 Å². The Bertz CT molecular complexity index is 1110. The molecule has 0 radical (unpaired) electrons. The minimum Gasteiger partial charge on any atom is -0.454 e. The number of aryl methyl sites for hydroxylation is 1. The van der Waals surface area contributed by atoms with Crippen LogP contribution in [0.25, 0.3) is 11.3 Å². The third-order valence-corrected chi connectivity index (χ3v) is 4.70. The summed E-state index contributed by atoms with van der Waals surface area (Å²) in [7, 11) is 1.77. The maximum absolute atomic E-state index is 14.4. The average Bonchev–Trinajstić information content (AvgIpc) is 3.40. The smallest absolute Gasteiger partial charge is 0.237 e. The quantitative estimate of drug-likeness (QED) is 0.508. The number of nitrogens with zero attached hydrogens (tertiary/aromatic N) is 3. The number of nitrogens with one attached hydrogen (secondary N) is 1. The molecule has 1 aliphatic carbocycles. The lowest BCUT2D eigenvalue weighted by atomic mass is 10.1. The van der Waals surface area contributed by atoms with E-state index in [1.807, 2.05) is 0 Å². The number of halogens is 2. The van der Waals surface area contributed by atoms with E-state index in [1.165, 1.54) is 12.3 Å². The first-order chi connectivity index (χ1) is 13.9. The van der Waals surface area contributed by atoms with Gasteiger partial charge in [0.25, 0.3) is 0 Å². The van der Waals surface area contributed by atoms with Crippen LogP contribution >= 0.6 is 0 Å². The zero-order valence-corrected chi connectivity index (χ0v) is 15.4. The number of carbonyl (C=O) groups is 2. The van der Waals surface area contributed by atoms with E-state index in [9.17, 15) is 18.4 Å². The van der Waals surface area contributed by atoms with E-state index < -0.39 is 23.0 Å². The molecule has 0 spiro atoms. The second-order valence-electron chi connectivity index (χ2n) is 6.87. The maximum Gasteiger partial charge on any atom is 0.237 e.